The fourth-order valence-corrected chi connectivity index (χ4v) is 7.17. The lowest BCUT2D eigenvalue weighted by molar-refractivity contribution is -0.151. The second-order valence-electron chi connectivity index (χ2n) is 12.8. The van der Waals surface area contributed by atoms with Crippen LogP contribution < -0.4 is 9.47 Å². The molecule has 48 heavy (non-hydrogen) atoms. The second kappa shape index (κ2) is 19.6. The molecule has 0 fully saturated rings. The molecule has 11 nitrogen and oxygen atoms in total. The SMILES string of the molecule is CCOC(=O)[C@H](C)OP(=O)(C/C=C/CC(C/C(C)=C/Cc1c(OC)c(C)c2c(c1OCC[Si](C)(C)C)C(=O)OC2)C(=O)OCCS)OC. The van der Waals surface area contributed by atoms with E-state index in [2.05, 4.69) is 32.3 Å². The average molecular weight is 729 g/mol. The van der Waals surface area contributed by atoms with E-state index in [1.165, 1.54) is 14.0 Å². The fraction of sp³-hybridized carbons (Fsp3) is 0.618. The van der Waals surface area contributed by atoms with Gasteiger partial charge in [0.2, 0.25) is 0 Å². The maximum Gasteiger partial charge on any atom is 0.342 e. The number of allylic oxidation sites excluding steroid dienone is 4. The van der Waals surface area contributed by atoms with Gasteiger partial charge in [-0.1, -0.05) is 43.4 Å². The number of thiol groups is 1. The Balaban J connectivity index is 2.30. The van der Waals surface area contributed by atoms with Crippen molar-refractivity contribution in [2.24, 2.45) is 5.92 Å². The monoisotopic (exact) mass is 728 g/mol. The zero-order chi connectivity index (χ0) is 36.1. The van der Waals surface area contributed by atoms with Crippen LogP contribution in [0.2, 0.25) is 25.7 Å². The number of fused-ring (bicyclic) bond motifs is 1. The summed E-state index contributed by atoms with van der Waals surface area (Å²) in [5.74, 6) is -0.432. The third-order valence-electron chi connectivity index (χ3n) is 7.75. The largest absolute Gasteiger partial charge is 0.496 e. The maximum absolute atomic E-state index is 13.1. The Hall–Kier alpha value is -2.57. The number of rotatable bonds is 21. The van der Waals surface area contributed by atoms with Crippen LogP contribution in [-0.2, 0) is 50.4 Å². The Morgan fingerprint density at radius 2 is 1.79 bits per heavy atom. The first-order valence-corrected chi connectivity index (χ1v) is 22.3. The van der Waals surface area contributed by atoms with Gasteiger partial charge in [-0.25, -0.2) is 9.59 Å². The highest BCUT2D eigenvalue weighted by Gasteiger charge is 2.34. The number of carbonyl (C=O) groups is 3. The van der Waals surface area contributed by atoms with Crippen molar-refractivity contribution in [3.05, 3.63) is 46.1 Å². The number of cyclic esters (lactones) is 1. The fourth-order valence-electron chi connectivity index (χ4n) is 5.07. The van der Waals surface area contributed by atoms with Crippen LogP contribution in [0.4, 0.5) is 0 Å². The Bertz CT molecular complexity index is 1390. The quantitative estimate of drug-likeness (QED) is 0.0347. The minimum atomic E-state index is -3.63. The van der Waals surface area contributed by atoms with Crippen LogP contribution in [0.3, 0.4) is 0 Å². The number of benzene rings is 1. The van der Waals surface area contributed by atoms with Crippen LogP contribution >= 0.6 is 20.2 Å². The molecule has 0 saturated carbocycles. The summed E-state index contributed by atoms with van der Waals surface area (Å²) in [7, 11) is -2.19. The molecule has 0 radical (unpaired) electrons. The smallest absolute Gasteiger partial charge is 0.342 e. The number of methoxy groups -OCH3 is 1. The van der Waals surface area contributed by atoms with Crippen molar-refractivity contribution in [3.8, 4) is 11.5 Å². The lowest BCUT2D eigenvalue weighted by Crippen LogP contribution is -2.23. The van der Waals surface area contributed by atoms with Gasteiger partial charge in [0.05, 0.1) is 32.4 Å². The topological polar surface area (TPSA) is 133 Å². The second-order valence-corrected chi connectivity index (χ2v) is 21.0. The van der Waals surface area contributed by atoms with Crippen molar-refractivity contribution in [3.63, 3.8) is 0 Å². The third-order valence-corrected chi connectivity index (χ3v) is 11.5. The third kappa shape index (κ3) is 12.4. The van der Waals surface area contributed by atoms with Gasteiger partial charge in [0.1, 0.15) is 30.3 Å². The van der Waals surface area contributed by atoms with Gasteiger partial charge in [0.15, 0.2) is 6.10 Å². The van der Waals surface area contributed by atoms with E-state index in [9.17, 15) is 18.9 Å². The van der Waals surface area contributed by atoms with Gasteiger partial charge in [-0.15, -0.1) is 0 Å². The van der Waals surface area contributed by atoms with Crippen LogP contribution in [0.1, 0.15) is 60.7 Å². The van der Waals surface area contributed by atoms with Crippen LogP contribution in [-0.4, -0.2) is 78.0 Å². The molecule has 2 unspecified atom stereocenters. The summed E-state index contributed by atoms with van der Waals surface area (Å²) in [5, 5.41) is 0. The Labute approximate surface area is 292 Å². The van der Waals surface area contributed by atoms with E-state index < -0.39 is 39.6 Å². The number of esters is 3. The van der Waals surface area contributed by atoms with Crippen molar-refractivity contribution < 1.29 is 51.7 Å². The van der Waals surface area contributed by atoms with E-state index in [4.69, 9.17) is 32.7 Å². The van der Waals surface area contributed by atoms with Crippen molar-refractivity contribution in [2.45, 2.75) is 85.4 Å². The minimum absolute atomic E-state index is 0.0964. The molecule has 0 amide bonds. The molecule has 3 atom stereocenters. The van der Waals surface area contributed by atoms with E-state index in [1.807, 2.05) is 19.9 Å². The Morgan fingerprint density at radius 3 is 2.40 bits per heavy atom. The summed E-state index contributed by atoms with van der Waals surface area (Å²) in [6.45, 7) is 14.8. The zero-order valence-corrected chi connectivity index (χ0v) is 32.6. The van der Waals surface area contributed by atoms with Gasteiger partial charge in [0, 0.05) is 32.1 Å². The van der Waals surface area contributed by atoms with Crippen molar-refractivity contribution in [1.82, 2.24) is 0 Å². The van der Waals surface area contributed by atoms with E-state index in [1.54, 1.807) is 26.2 Å². The maximum atomic E-state index is 13.1. The summed E-state index contributed by atoms with van der Waals surface area (Å²) in [6, 6.07) is 0.918. The molecule has 0 N–H and O–H groups in total. The van der Waals surface area contributed by atoms with Gasteiger partial charge < -0.3 is 28.2 Å². The van der Waals surface area contributed by atoms with Crippen molar-refractivity contribution in [2.75, 3.05) is 46.0 Å². The van der Waals surface area contributed by atoms with Crippen LogP contribution in [0.5, 0.6) is 11.5 Å². The highest BCUT2D eigenvalue weighted by atomic mass is 32.1. The summed E-state index contributed by atoms with van der Waals surface area (Å²) < 4.78 is 51.5. The first-order valence-electron chi connectivity index (χ1n) is 16.2. The number of ether oxygens (including phenoxy) is 5. The molecule has 0 spiro atoms. The average Bonchev–Trinajstić information content (AvgIpc) is 3.42. The molecule has 0 aromatic heterocycles. The predicted octanol–water partition coefficient (Wildman–Crippen LogP) is 7.11. The lowest BCUT2D eigenvalue weighted by Gasteiger charge is -2.22. The van der Waals surface area contributed by atoms with Gasteiger partial charge >= 0.3 is 25.5 Å². The standard InChI is InChI=1S/C34H53O11PSSi/c1-10-41-32(35)25(4)45-46(38,40-6)18-12-11-13-26(33(36)43-16-19-47)21-23(2)14-15-27-30(39-5)24(3)28-22-44-34(37)29(28)31(27)42-17-20-48(7,8)9/h11-12,14,25-26,47H,10,13,15-22H2,1-9H3/b12-11+,23-14+/t25-,26?,46?/m0/s1. The van der Waals surface area contributed by atoms with E-state index in [-0.39, 0.29) is 32.0 Å². The molecular weight excluding hydrogens is 675 g/mol. The minimum Gasteiger partial charge on any atom is -0.496 e. The van der Waals surface area contributed by atoms with Crippen LogP contribution in [0.15, 0.2) is 23.8 Å². The molecule has 0 saturated heterocycles. The first kappa shape index (κ1) is 41.6. The van der Waals surface area contributed by atoms with Crippen molar-refractivity contribution in [1.29, 1.82) is 0 Å². The van der Waals surface area contributed by atoms with Crippen LogP contribution in [0, 0.1) is 12.8 Å². The highest BCUT2D eigenvalue weighted by Crippen LogP contribution is 2.48. The highest BCUT2D eigenvalue weighted by molar-refractivity contribution is 7.80. The molecule has 1 aliphatic heterocycles. The zero-order valence-electron chi connectivity index (χ0n) is 29.8. The summed E-state index contributed by atoms with van der Waals surface area (Å²) in [5.41, 5.74) is 3.74. The van der Waals surface area contributed by atoms with Crippen molar-refractivity contribution >= 4 is 46.2 Å². The predicted molar refractivity (Wildman–Crippen MR) is 191 cm³/mol. The van der Waals surface area contributed by atoms with E-state index >= 15 is 0 Å². The molecule has 1 aromatic carbocycles. The van der Waals surface area contributed by atoms with Gasteiger partial charge in [-0.3, -0.25) is 13.9 Å². The molecular formula is C34H53O11PSSi. The van der Waals surface area contributed by atoms with Gasteiger partial charge in [0.25, 0.3) is 0 Å². The number of hydrogen-bond acceptors (Lipinski definition) is 12. The van der Waals surface area contributed by atoms with Gasteiger partial charge in [-0.05, 0) is 58.6 Å². The molecule has 1 aliphatic rings. The van der Waals surface area contributed by atoms with E-state index in [0.717, 1.165) is 28.3 Å². The summed E-state index contributed by atoms with van der Waals surface area (Å²) in [4.78, 5) is 37.8. The van der Waals surface area contributed by atoms with Crippen LogP contribution in [0.25, 0.3) is 0 Å². The molecule has 1 heterocycles. The summed E-state index contributed by atoms with van der Waals surface area (Å²) >= 11 is 4.15. The normalized spacial score (nSPS) is 15.8. The number of hydrogen-bond donors (Lipinski definition) is 1. The Kier molecular flexibility index (Phi) is 17.0. The van der Waals surface area contributed by atoms with Gasteiger partial charge in [-0.2, -0.15) is 12.6 Å². The van der Waals surface area contributed by atoms with E-state index in [0.29, 0.717) is 48.7 Å². The summed E-state index contributed by atoms with van der Waals surface area (Å²) in [6.07, 6.45) is 5.27. The Morgan fingerprint density at radius 1 is 1.08 bits per heavy atom. The lowest BCUT2D eigenvalue weighted by atomic mass is 9.93. The molecule has 0 aliphatic carbocycles. The molecule has 14 heteroatoms. The molecule has 1 aromatic rings. The molecule has 2 rings (SSSR count). The molecule has 270 valence electrons. The number of carbonyl (C=O) groups excluding carboxylic acids is 3. The first-order chi connectivity index (χ1) is 22.6. The molecule has 0 bridgehead atoms.